The normalized spacial score (nSPS) is 11.1. The number of aromatic hydroxyl groups is 1. The van der Waals surface area contributed by atoms with E-state index in [4.69, 9.17) is 16.7 Å². The highest BCUT2D eigenvalue weighted by Crippen LogP contribution is 2.25. The molecule has 0 bridgehead atoms. The van der Waals surface area contributed by atoms with E-state index >= 15 is 0 Å². The van der Waals surface area contributed by atoms with Crippen LogP contribution in [0.3, 0.4) is 0 Å². The van der Waals surface area contributed by atoms with Crippen LogP contribution in [-0.2, 0) is 14.6 Å². The van der Waals surface area contributed by atoms with Crippen molar-refractivity contribution in [2.75, 3.05) is 17.3 Å². The fraction of sp³-hybridized carbons (Fsp3) is 0.222. The second-order valence-electron chi connectivity index (χ2n) is 3.28. The molecule has 88 valence electrons. The average molecular weight is 264 g/mol. The van der Waals surface area contributed by atoms with Crippen LogP contribution in [0.4, 0.5) is 5.69 Å². The predicted octanol–water partition coefficient (Wildman–Crippen LogP) is 1.03. The molecule has 2 N–H and O–H groups in total. The standard InChI is InChI=1S/C9H10ClNO4S/c1-16(14,15)5-9(13)11-8-3-2-6(12)4-7(8)10/h2-4,12H,5H2,1H3,(H,11,13). The lowest BCUT2D eigenvalue weighted by atomic mass is 10.3. The molecule has 0 spiro atoms. The SMILES string of the molecule is CS(=O)(=O)CC(=O)Nc1ccc(O)cc1Cl. The van der Waals surface area contributed by atoms with Crippen LogP contribution in [0.2, 0.25) is 5.02 Å². The number of rotatable bonds is 3. The number of nitrogens with one attached hydrogen (secondary N) is 1. The van der Waals surface area contributed by atoms with Gasteiger partial charge in [-0.3, -0.25) is 4.79 Å². The van der Waals surface area contributed by atoms with Gasteiger partial charge < -0.3 is 10.4 Å². The van der Waals surface area contributed by atoms with Crippen molar-refractivity contribution in [2.24, 2.45) is 0 Å². The molecular weight excluding hydrogens is 254 g/mol. The van der Waals surface area contributed by atoms with Crippen molar-refractivity contribution in [1.29, 1.82) is 0 Å². The molecule has 5 nitrogen and oxygen atoms in total. The Morgan fingerprint density at radius 2 is 2.12 bits per heavy atom. The zero-order valence-electron chi connectivity index (χ0n) is 8.40. The summed E-state index contributed by atoms with van der Waals surface area (Å²) < 4.78 is 21.7. The lowest BCUT2D eigenvalue weighted by Gasteiger charge is -2.06. The van der Waals surface area contributed by atoms with Crippen molar-refractivity contribution in [3.05, 3.63) is 23.2 Å². The number of sulfone groups is 1. The summed E-state index contributed by atoms with van der Waals surface area (Å²) >= 11 is 5.72. The molecule has 1 aromatic carbocycles. The van der Waals surface area contributed by atoms with E-state index in [1.54, 1.807) is 0 Å². The summed E-state index contributed by atoms with van der Waals surface area (Å²) in [5, 5.41) is 11.5. The third-order valence-electron chi connectivity index (χ3n) is 1.62. The summed E-state index contributed by atoms with van der Waals surface area (Å²) in [4.78, 5) is 11.3. The predicted molar refractivity (Wildman–Crippen MR) is 61.5 cm³/mol. The molecule has 0 saturated carbocycles. The van der Waals surface area contributed by atoms with Crippen molar-refractivity contribution in [1.82, 2.24) is 0 Å². The summed E-state index contributed by atoms with van der Waals surface area (Å²) in [6, 6.07) is 3.97. The van der Waals surface area contributed by atoms with Crippen molar-refractivity contribution < 1.29 is 18.3 Å². The van der Waals surface area contributed by atoms with Gasteiger partial charge in [-0.25, -0.2) is 8.42 Å². The molecule has 0 saturated heterocycles. The van der Waals surface area contributed by atoms with E-state index in [9.17, 15) is 13.2 Å². The number of phenols is 1. The summed E-state index contributed by atoms with van der Waals surface area (Å²) in [6.45, 7) is 0. The van der Waals surface area contributed by atoms with E-state index < -0.39 is 21.5 Å². The molecule has 0 fully saturated rings. The molecule has 1 amide bonds. The van der Waals surface area contributed by atoms with Crippen LogP contribution < -0.4 is 5.32 Å². The van der Waals surface area contributed by atoms with Crippen LogP contribution in [-0.4, -0.2) is 31.4 Å². The highest BCUT2D eigenvalue weighted by atomic mass is 35.5. The Morgan fingerprint density at radius 1 is 1.50 bits per heavy atom. The Kier molecular flexibility index (Phi) is 3.77. The molecule has 0 aliphatic rings. The number of carbonyl (C=O) groups is 1. The first kappa shape index (κ1) is 12.8. The Balaban J connectivity index is 2.78. The van der Waals surface area contributed by atoms with Gasteiger partial charge in [0.1, 0.15) is 11.5 Å². The fourth-order valence-corrected chi connectivity index (χ4v) is 1.80. The van der Waals surface area contributed by atoms with Crippen LogP contribution in [0, 0.1) is 0 Å². The van der Waals surface area contributed by atoms with Gasteiger partial charge >= 0.3 is 0 Å². The van der Waals surface area contributed by atoms with Crippen molar-refractivity contribution in [3.63, 3.8) is 0 Å². The van der Waals surface area contributed by atoms with E-state index in [-0.39, 0.29) is 16.5 Å². The van der Waals surface area contributed by atoms with Gasteiger partial charge in [-0.05, 0) is 12.1 Å². The number of carbonyl (C=O) groups excluding carboxylic acids is 1. The number of halogens is 1. The van der Waals surface area contributed by atoms with Crippen LogP contribution in [0.25, 0.3) is 0 Å². The largest absolute Gasteiger partial charge is 0.508 e. The molecule has 0 unspecified atom stereocenters. The number of benzene rings is 1. The Hall–Kier alpha value is -1.27. The Bertz CT molecular complexity index is 512. The Morgan fingerprint density at radius 3 is 2.62 bits per heavy atom. The van der Waals surface area contributed by atoms with Gasteiger partial charge in [0.2, 0.25) is 5.91 Å². The monoisotopic (exact) mass is 263 g/mol. The summed E-state index contributed by atoms with van der Waals surface area (Å²) in [7, 11) is -3.37. The number of phenolic OH excluding ortho intramolecular Hbond substituents is 1. The molecular formula is C9H10ClNO4S. The van der Waals surface area contributed by atoms with Crippen LogP contribution in [0.1, 0.15) is 0 Å². The first-order valence-electron chi connectivity index (χ1n) is 4.24. The maximum absolute atomic E-state index is 11.3. The van der Waals surface area contributed by atoms with Crippen molar-refractivity contribution >= 4 is 33.0 Å². The first-order valence-corrected chi connectivity index (χ1v) is 6.68. The van der Waals surface area contributed by atoms with E-state index in [2.05, 4.69) is 5.32 Å². The van der Waals surface area contributed by atoms with Crippen LogP contribution in [0.15, 0.2) is 18.2 Å². The van der Waals surface area contributed by atoms with Gasteiger partial charge in [0.25, 0.3) is 0 Å². The van der Waals surface area contributed by atoms with E-state index in [1.807, 2.05) is 0 Å². The van der Waals surface area contributed by atoms with Crippen molar-refractivity contribution in [2.45, 2.75) is 0 Å². The van der Waals surface area contributed by atoms with Gasteiger partial charge in [-0.1, -0.05) is 11.6 Å². The molecule has 0 heterocycles. The maximum atomic E-state index is 11.3. The molecule has 0 aromatic heterocycles. The first-order chi connectivity index (χ1) is 7.28. The summed E-state index contributed by atoms with van der Waals surface area (Å²) in [5.41, 5.74) is 0.258. The quantitative estimate of drug-likeness (QED) is 0.798. The van der Waals surface area contributed by atoms with E-state index in [0.717, 1.165) is 6.26 Å². The molecule has 0 radical (unpaired) electrons. The van der Waals surface area contributed by atoms with Gasteiger partial charge in [-0.2, -0.15) is 0 Å². The van der Waals surface area contributed by atoms with Crippen LogP contribution >= 0.6 is 11.6 Å². The minimum absolute atomic E-state index is 0.0360. The summed E-state index contributed by atoms with van der Waals surface area (Å²) in [6.07, 6.45) is 0.963. The van der Waals surface area contributed by atoms with Crippen LogP contribution in [0.5, 0.6) is 5.75 Å². The second-order valence-corrected chi connectivity index (χ2v) is 5.83. The topological polar surface area (TPSA) is 83.5 Å². The number of anilines is 1. The van der Waals surface area contributed by atoms with E-state index in [1.165, 1.54) is 18.2 Å². The lowest BCUT2D eigenvalue weighted by Crippen LogP contribution is -2.22. The fourth-order valence-electron chi connectivity index (χ4n) is 1.03. The van der Waals surface area contributed by atoms with Gasteiger partial charge in [0.15, 0.2) is 9.84 Å². The highest BCUT2D eigenvalue weighted by Gasteiger charge is 2.12. The molecule has 1 rings (SSSR count). The highest BCUT2D eigenvalue weighted by molar-refractivity contribution is 7.91. The summed E-state index contributed by atoms with van der Waals surface area (Å²) in [5.74, 6) is -1.31. The third-order valence-corrected chi connectivity index (χ3v) is 2.72. The maximum Gasteiger partial charge on any atom is 0.239 e. The average Bonchev–Trinajstić information content (AvgIpc) is 2.06. The van der Waals surface area contributed by atoms with Gasteiger partial charge in [-0.15, -0.1) is 0 Å². The minimum atomic E-state index is -3.37. The van der Waals surface area contributed by atoms with E-state index in [0.29, 0.717) is 0 Å². The lowest BCUT2D eigenvalue weighted by molar-refractivity contribution is -0.113. The van der Waals surface area contributed by atoms with Gasteiger partial charge in [0, 0.05) is 12.3 Å². The molecule has 16 heavy (non-hydrogen) atoms. The molecule has 0 atom stereocenters. The van der Waals surface area contributed by atoms with Gasteiger partial charge in [0.05, 0.1) is 10.7 Å². The smallest absolute Gasteiger partial charge is 0.239 e. The van der Waals surface area contributed by atoms with Crippen molar-refractivity contribution in [3.8, 4) is 5.75 Å². The Labute approximate surface area is 98.0 Å². The number of hydrogen-bond acceptors (Lipinski definition) is 4. The molecule has 0 aliphatic heterocycles. The molecule has 7 heteroatoms. The number of amides is 1. The zero-order valence-corrected chi connectivity index (χ0v) is 9.97. The molecule has 0 aliphatic carbocycles. The zero-order chi connectivity index (χ0) is 12.3. The number of hydrogen-bond donors (Lipinski definition) is 2. The minimum Gasteiger partial charge on any atom is -0.508 e. The second kappa shape index (κ2) is 4.71. The molecule has 1 aromatic rings. The third kappa shape index (κ3) is 4.08.